The zero-order chi connectivity index (χ0) is 30.2. The van der Waals surface area contributed by atoms with Crippen LogP contribution >= 0.6 is 0 Å². The van der Waals surface area contributed by atoms with E-state index < -0.39 is 0 Å². The van der Waals surface area contributed by atoms with Crippen LogP contribution in [-0.4, -0.2) is 47.7 Å². The number of aryl methyl sites for hydroxylation is 1. The Bertz CT molecular complexity index is 1380. The molecule has 218 valence electrons. The quantitative estimate of drug-likeness (QED) is 0.0774. The molecule has 9 nitrogen and oxygen atoms in total. The number of rotatable bonds is 12. The minimum Gasteiger partial charge on any atom is -0.508 e. The molecule has 0 saturated heterocycles. The van der Waals surface area contributed by atoms with Crippen molar-refractivity contribution in [3.05, 3.63) is 101 Å². The summed E-state index contributed by atoms with van der Waals surface area (Å²) in [7, 11) is 1.57. The van der Waals surface area contributed by atoms with Crippen LogP contribution < -0.4 is 26.4 Å². The molecule has 0 saturated carbocycles. The highest BCUT2D eigenvalue weighted by molar-refractivity contribution is 5.96. The number of nitrogens with one attached hydrogen (secondary N) is 3. The third kappa shape index (κ3) is 9.42. The van der Waals surface area contributed by atoms with Crippen molar-refractivity contribution in [1.29, 1.82) is 0 Å². The number of aliphatic hydroxyl groups excluding tert-OH is 1. The van der Waals surface area contributed by atoms with E-state index in [9.17, 15) is 9.90 Å². The summed E-state index contributed by atoms with van der Waals surface area (Å²) < 4.78 is 5.40. The molecule has 6 N–H and O–H groups in total. The van der Waals surface area contributed by atoms with Crippen LogP contribution in [0.3, 0.4) is 0 Å². The Labute approximate surface area is 243 Å². The van der Waals surface area contributed by atoms with E-state index in [4.69, 9.17) is 10.5 Å². The van der Waals surface area contributed by atoms with Gasteiger partial charge in [0.25, 0.3) is 5.91 Å². The van der Waals surface area contributed by atoms with Crippen LogP contribution in [0.2, 0.25) is 0 Å². The van der Waals surface area contributed by atoms with Gasteiger partial charge >= 0.3 is 0 Å². The zero-order valence-corrected chi connectivity index (χ0v) is 24.8. The maximum absolute atomic E-state index is 12.6. The molecule has 0 atom stereocenters. The molecule has 0 spiro atoms. The minimum atomic E-state index is -0.211. The van der Waals surface area contributed by atoms with E-state index >= 15 is 0 Å². The molecule has 0 fully saturated rings. The first kappa shape index (κ1) is 32.4. The maximum Gasteiger partial charge on any atom is 0.251 e. The van der Waals surface area contributed by atoms with Crippen LogP contribution in [0.5, 0.6) is 5.88 Å². The SMILES string of the molecule is CC.C\C=C(O)/C(=C\C(=C/C)c1cccnc1OC)CNc1ccc(C(=O)NCCNc2ccncc2C)cc1N. The number of methoxy groups -OCH3 is 1. The molecule has 2 heterocycles. The smallest absolute Gasteiger partial charge is 0.251 e. The summed E-state index contributed by atoms with van der Waals surface area (Å²) in [6.07, 6.45) is 10.6. The number of hydrogen-bond donors (Lipinski definition) is 5. The summed E-state index contributed by atoms with van der Waals surface area (Å²) in [6.45, 7) is 11.0. The van der Waals surface area contributed by atoms with Crippen LogP contribution in [0.25, 0.3) is 5.57 Å². The van der Waals surface area contributed by atoms with Crippen LogP contribution in [-0.2, 0) is 0 Å². The fourth-order valence-corrected chi connectivity index (χ4v) is 3.88. The summed E-state index contributed by atoms with van der Waals surface area (Å²) in [5.74, 6) is 0.419. The van der Waals surface area contributed by atoms with Gasteiger partial charge in [0.2, 0.25) is 5.88 Å². The number of ether oxygens (including phenoxy) is 1. The Kier molecular flexibility index (Phi) is 13.5. The van der Waals surface area contributed by atoms with Gasteiger partial charge in [0.05, 0.1) is 18.5 Å². The third-order valence-electron chi connectivity index (χ3n) is 6.05. The molecule has 0 radical (unpaired) electrons. The third-order valence-corrected chi connectivity index (χ3v) is 6.05. The predicted molar refractivity (Wildman–Crippen MR) is 169 cm³/mol. The van der Waals surface area contributed by atoms with E-state index in [1.54, 1.807) is 56.9 Å². The van der Waals surface area contributed by atoms with Crippen LogP contribution in [0.1, 0.15) is 49.2 Å². The van der Waals surface area contributed by atoms with Crippen molar-refractivity contribution in [2.24, 2.45) is 0 Å². The van der Waals surface area contributed by atoms with Crippen molar-refractivity contribution < 1.29 is 14.6 Å². The number of carbonyl (C=O) groups excluding carboxylic acids is 1. The van der Waals surface area contributed by atoms with Crippen molar-refractivity contribution in [1.82, 2.24) is 15.3 Å². The summed E-state index contributed by atoms with van der Waals surface area (Å²) in [5, 5.41) is 20.0. The Morgan fingerprint density at radius 1 is 1.05 bits per heavy atom. The Hall–Kier alpha value is -4.79. The van der Waals surface area contributed by atoms with Gasteiger partial charge in [0, 0.05) is 60.6 Å². The first-order chi connectivity index (χ1) is 19.9. The lowest BCUT2D eigenvalue weighted by atomic mass is 10.0. The van der Waals surface area contributed by atoms with Crippen molar-refractivity contribution in [3.63, 3.8) is 0 Å². The summed E-state index contributed by atoms with van der Waals surface area (Å²) in [5.41, 5.74) is 12.1. The topological polar surface area (TPSA) is 134 Å². The molecule has 3 aromatic rings. The Morgan fingerprint density at radius 3 is 2.49 bits per heavy atom. The van der Waals surface area contributed by atoms with E-state index in [2.05, 4.69) is 25.9 Å². The Balaban J connectivity index is 0.00000287. The number of pyridine rings is 2. The van der Waals surface area contributed by atoms with E-state index in [0.29, 0.717) is 48.0 Å². The van der Waals surface area contributed by atoms with E-state index in [0.717, 1.165) is 22.4 Å². The summed E-state index contributed by atoms with van der Waals surface area (Å²) in [4.78, 5) is 21.0. The van der Waals surface area contributed by atoms with Crippen molar-refractivity contribution in [3.8, 4) is 5.88 Å². The minimum absolute atomic E-state index is 0.134. The van der Waals surface area contributed by atoms with Crippen molar-refractivity contribution in [2.45, 2.75) is 34.6 Å². The van der Waals surface area contributed by atoms with E-state index in [-0.39, 0.29) is 11.7 Å². The monoisotopic (exact) mass is 558 g/mol. The number of hydrogen-bond acceptors (Lipinski definition) is 8. The predicted octanol–water partition coefficient (Wildman–Crippen LogP) is 6.15. The van der Waals surface area contributed by atoms with Gasteiger partial charge in [-0.15, -0.1) is 0 Å². The highest BCUT2D eigenvalue weighted by atomic mass is 16.5. The fourth-order valence-electron chi connectivity index (χ4n) is 3.88. The standard InChI is InChI=1S/C30H36N6O3.C2H6/c1-5-21(24-8-7-12-35-30(24)39-4)16-23(28(37)6-2)19-36-27-10-9-22(17-25(27)31)29(38)34-15-14-33-26-11-13-32-18-20(26)3;1-2/h5-13,16-18,36-37H,14-15,19,31H2,1-4H3,(H,32,33)(H,34,38);1-2H3/b21-5+,23-16-,28-6+;. The molecule has 0 unspecified atom stereocenters. The molecule has 2 aromatic heterocycles. The lowest BCUT2D eigenvalue weighted by molar-refractivity contribution is 0.0955. The van der Waals surface area contributed by atoms with Gasteiger partial charge in [0.1, 0.15) is 5.76 Å². The number of aromatic nitrogens is 2. The van der Waals surface area contributed by atoms with Gasteiger partial charge in [-0.25, -0.2) is 4.98 Å². The molecule has 3 rings (SSSR count). The first-order valence-electron chi connectivity index (χ1n) is 13.7. The maximum atomic E-state index is 12.6. The molecule has 41 heavy (non-hydrogen) atoms. The van der Waals surface area contributed by atoms with Crippen molar-refractivity contribution >= 4 is 28.5 Å². The first-order valence-corrected chi connectivity index (χ1v) is 13.7. The van der Waals surface area contributed by atoms with Gasteiger partial charge < -0.3 is 31.5 Å². The number of amides is 1. The molecule has 9 heteroatoms. The van der Waals surface area contributed by atoms with E-state index in [1.807, 2.05) is 58.0 Å². The largest absolute Gasteiger partial charge is 0.508 e. The Morgan fingerprint density at radius 2 is 1.83 bits per heavy atom. The number of allylic oxidation sites excluding steroid dienone is 4. The van der Waals surface area contributed by atoms with E-state index in [1.165, 1.54) is 0 Å². The van der Waals surface area contributed by atoms with Crippen LogP contribution in [0.15, 0.2) is 84.5 Å². The molecular formula is C32H42N6O3. The lowest BCUT2D eigenvalue weighted by Crippen LogP contribution is -2.29. The second-order valence-corrected chi connectivity index (χ2v) is 8.68. The summed E-state index contributed by atoms with van der Waals surface area (Å²) >= 11 is 0. The van der Waals surface area contributed by atoms with Gasteiger partial charge in [0.15, 0.2) is 0 Å². The second-order valence-electron chi connectivity index (χ2n) is 8.68. The van der Waals surface area contributed by atoms with Gasteiger partial charge in [-0.3, -0.25) is 9.78 Å². The summed E-state index contributed by atoms with van der Waals surface area (Å²) in [6, 6.07) is 10.7. The lowest BCUT2D eigenvalue weighted by Gasteiger charge is -2.15. The van der Waals surface area contributed by atoms with Gasteiger partial charge in [-0.1, -0.05) is 19.9 Å². The number of aliphatic hydroxyl groups is 1. The van der Waals surface area contributed by atoms with Crippen LogP contribution in [0, 0.1) is 6.92 Å². The average Bonchev–Trinajstić information content (AvgIpc) is 3.01. The molecular weight excluding hydrogens is 516 g/mol. The van der Waals surface area contributed by atoms with Crippen molar-refractivity contribution in [2.75, 3.05) is 43.1 Å². The fraction of sp³-hybridized carbons (Fsp3) is 0.281. The number of nitrogens with two attached hydrogens (primary N) is 1. The number of nitrogen functional groups attached to an aromatic ring is 1. The zero-order valence-electron chi connectivity index (χ0n) is 24.8. The molecule has 0 aliphatic heterocycles. The highest BCUT2D eigenvalue weighted by Crippen LogP contribution is 2.27. The van der Waals surface area contributed by atoms with Gasteiger partial charge in [-0.05, 0) is 80.5 Å². The highest BCUT2D eigenvalue weighted by Gasteiger charge is 2.12. The normalized spacial score (nSPS) is 11.7. The number of nitrogens with zero attached hydrogens (tertiary/aromatic N) is 2. The molecule has 1 amide bonds. The van der Waals surface area contributed by atoms with Gasteiger partial charge in [-0.2, -0.15) is 0 Å². The molecule has 0 bridgehead atoms. The number of benzene rings is 1. The molecule has 0 aliphatic carbocycles. The number of anilines is 3. The molecule has 0 aliphatic rings. The second kappa shape index (κ2) is 17.0. The average molecular weight is 559 g/mol. The molecule has 1 aromatic carbocycles. The number of carbonyl (C=O) groups is 1. The van der Waals surface area contributed by atoms with Crippen LogP contribution in [0.4, 0.5) is 17.1 Å².